The van der Waals surface area contributed by atoms with Crippen LogP contribution in [-0.2, 0) is 14.3 Å². The van der Waals surface area contributed by atoms with Gasteiger partial charge < -0.3 is 14.8 Å². The summed E-state index contributed by atoms with van der Waals surface area (Å²) in [6.45, 7) is 9.64. The van der Waals surface area contributed by atoms with Crippen LogP contribution in [0.2, 0.25) is 0 Å². The molecule has 1 rings (SSSR count). The van der Waals surface area contributed by atoms with Crippen molar-refractivity contribution in [2.45, 2.75) is 59.1 Å². The van der Waals surface area contributed by atoms with E-state index in [1.807, 2.05) is 20.8 Å². The molecule has 1 aliphatic rings. The molecule has 4 atom stereocenters. The van der Waals surface area contributed by atoms with Crippen LogP contribution in [0, 0.1) is 17.8 Å². The van der Waals surface area contributed by atoms with Crippen LogP contribution < -0.4 is 5.32 Å². The van der Waals surface area contributed by atoms with Gasteiger partial charge in [0, 0.05) is 6.04 Å². The fourth-order valence-corrected chi connectivity index (χ4v) is 2.79. The lowest BCUT2D eigenvalue weighted by molar-refractivity contribution is -0.149. The normalized spacial score (nSPS) is 30.5. The van der Waals surface area contributed by atoms with Crippen LogP contribution in [0.1, 0.15) is 47.5 Å². The van der Waals surface area contributed by atoms with Gasteiger partial charge in [0.1, 0.15) is 5.60 Å². The van der Waals surface area contributed by atoms with E-state index in [1.54, 1.807) is 0 Å². The molecule has 1 fully saturated rings. The van der Waals surface area contributed by atoms with Crippen molar-refractivity contribution in [3.8, 4) is 0 Å². The maximum absolute atomic E-state index is 11.9. The highest BCUT2D eigenvalue weighted by atomic mass is 16.6. The van der Waals surface area contributed by atoms with Gasteiger partial charge in [-0.1, -0.05) is 13.8 Å². The second-order valence-electron chi connectivity index (χ2n) is 6.81. The van der Waals surface area contributed by atoms with E-state index in [2.05, 4.69) is 19.2 Å². The SMILES string of the molecule is COC(=O)[C@H]1C[C@H](NC(=O)OC(C)(C)C)[C@@H](C)C[C@H]1C. The summed E-state index contributed by atoms with van der Waals surface area (Å²) >= 11 is 0. The standard InChI is InChI=1S/C15H27NO4/c1-9-7-10(2)12(8-11(9)13(17)19-6)16-14(18)20-15(3,4)5/h9-12H,7-8H2,1-6H3,(H,16,18)/t9-,10+,11+,12+/m1/s1. The third-order valence-corrected chi connectivity index (χ3v) is 3.83. The van der Waals surface area contributed by atoms with Crippen molar-refractivity contribution < 1.29 is 19.1 Å². The lowest BCUT2D eigenvalue weighted by Gasteiger charge is -2.37. The van der Waals surface area contributed by atoms with Crippen molar-refractivity contribution in [3.05, 3.63) is 0 Å². The Morgan fingerprint density at radius 1 is 1.10 bits per heavy atom. The summed E-state index contributed by atoms with van der Waals surface area (Å²) in [5.74, 6) is 0.240. The lowest BCUT2D eigenvalue weighted by atomic mass is 9.73. The topological polar surface area (TPSA) is 64.6 Å². The number of hydrogen-bond donors (Lipinski definition) is 1. The van der Waals surface area contributed by atoms with Crippen molar-refractivity contribution in [3.63, 3.8) is 0 Å². The minimum absolute atomic E-state index is 0.0508. The first-order valence-corrected chi connectivity index (χ1v) is 7.21. The number of carbonyl (C=O) groups is 2. The number of amides is 1. The highest BCUT2D eigenvalue weighted by Gasteiger charge is 2.38. The van der Waals surface area contributed by atoms with E-state index in [1.165, 1.54) is 7.11 Å². The number of methoxy groups -OCH3 is 1. The molecule has 5 nitrogen and oxygen atoms in total. The van der Waals surface area contributed by atoms with Crippen LogP contribution in [0.25, 0.3) is 0 Å². The molecule has 1 N–H and O–H groups in total. The van der Waals surface area contributed by atoms with Gasteiger partial charge in [0.15, 0.2) is 0 Å². The zero-order valence-corrected chi connectivity index (χ0v) is 13.4. The molecule has 0 unspecified atom stereocenters. The Labute approximate surface area is 121 Å². The van der Waals surface area contributed by atoms with Crippen molar-refractivity contribution >= 4 is 12.1 Å². The van der Waals surface area contributed by atoms with Crippen LogP contribution in [0.3, 0.4) is 0 Å². The Bertz CT molecular complexity index is 361. The first kappa shape index (κ1) is 16.8. The lowest BCUT2D eigenvalue weighted by Crippen LogP contribution is -2.48. The quantitative estimate of drug-likeness (QED) is 0.792. The van der Waals surface area contributed by atoms with E-state index in [9.17, 15) is 9.59 Å². The molecule has 1 aliphatic carbocycles. The minimum atomic E-state index is -0.517. The van der Waals surface area contributed by atoms with E-state index in [0.29, 0.717) is 12.3 Å². The van der Waals surface area contributed by atoms with Crippen LogP contribution in [0.15, 0.2) is 0 Å². The van der Waals surface area contributed by atoms with Gasteiger partial charge in [0.05, 0.1) is 13.0 Å². The first-order valence-electron chi connectivity index (χ1n) is 7.21. The molecule has 0 aromatic carbocycles. The van der Waals surface area contributed by atoms with E-state index >= 15 is 0 Å². The molecule has 0 aromatic heterocycles. The fourth-order valence-electron chi connectivity index (χ4n) is 2.79. The summed E-state index contributed by atoms with van der Waals surface area (Å²) in [6.07, 6.45) is 1.07. The second kappa shape index (κ2) is 6.46. The maximum Gasteiger partial charge on any atom is 0.407 e. The van der Waals surface area contributed by atoms with Gasteiger partial charge in [-0.15, -0.1) is 0 Å². The Morgan fingerprint density at radius 3 is 2.20 bits per heavy atom. The Kier molecular flexibility index (Phi) is 5.42. The molecule has 20 heavy (non-hydrogen) atoms. The zero-order valence-electron chi connectivity index (χ0n) is 13.4. The molecule has 0 saturated heterocycles. The molecule has 0 aromatic rings. The Morgan fingerprint density at radius 2 is 1.70 bits per heavy atom. The third-order valence-electron chi connectivity index (χ3n) is 3.83. The maximum atomic E-state index is 11.9. The summed E-state index contributed by atoms with van der Waals surface area (Å²) in [5, 5.41) is 2.89. The van der Waals surface area contributed by atoms with Gasteiger partial charge in [0.25, 0.3) is 0 Å². The van der Waals surface area contributed by atoms with Gasteiger partial charge in [-0.05, 0) is 45.4 Å². The molecular formula is C15H27NO4. The van der Waals surface area contributed by atoms with Gasteiger partial charge >= 0.3 is 12.1 Å². The number of rotatable bonds is 2. The van der Waals surface area contributed by atoms with E-state index in [-0.39, 0.29) is 23.8 Å². The number of alkyl carbamates (subject to hydrolysis) is 1. The van der Waals surface area contributed by atoms with E-state index in [0.717, 1.165) is 6.42 Å². The van der Waals surface area contributed by atoms with Crippen LogP contribution >= 0.6 is 0 Å². The van der Waals surface area contributed by atoms with Gasteiger partial charge in [-0.25, -0.2) is 4.79 Å². The van der Waals surface area contributed by atoms with Crippen LogP contribution in [-0.4, -0.2) is 30.8 Å². The molecule has 1 amide bonds. The third kappa shape index (κ3) is 4.69. The summed E-state index contributed by atoms with van der Waals surface area (Å²) in [5.41, 5.74) is -0.517. The first-order chi connectivity index (χ1) is 9.14. The fraction of sp³-hybridized carbons (Fsp3) is 0.867. The van der Waals surface area contributed by atoms with Crippen LogP contribution in [0.5, 0.6) is 0 Å². The smallest absolute Gasteiger partial charge is 0.407 e. The largest absolute Gasteiger partial charge is 0.469 e. The predicted molar refractivity (Wildman–Crippen MR) is 76.2 cm³/mol. The Balaban J connectivity index is 2.65. The number of hydrogen-bond acceptors (Lipinski definition) is 4. The van der Waals surface area contributed by atoms with E-state index < -0.39 is 11.7 Å². The summed E-state index contributed by atoms with van der Waals surface area (Å²) in [6, 6.07) is -0.0508. The highest BCUT2D eigenvalue weighted by Crippen LogP contribution is 2.34. The highest BCUT2D eigenvalue weighted by molar-refractivity contribution is 5.73. The number of esters is 1. The summed E-state index contributed by atoms with van der Waals surface area (Å²) in [7, 11) is 1.41. The Hall–Kier alpha value is -1.26. The second-order valence-corrected chi connectivity index (χ2v) is 6.81. The molecule has 0 radical (unpaired) electrons. The molecular weight excluding hydrogens is 258 g/mol. The van der Waals surface area contributed by atoms with Crippen molar-refractivity contribution in [2.75, 3.05) is 7.11 Å². The molecule has 0 bridgehead atoms. The van der Waals surface area contributed by atoms with Crippen molar-refractivity contribution in [2.24, 2.45) is 17.8 Å². The number of ether oxygens (including phenoxy) is 2. The molecule has 116 valence electrons. The monoisotopic (exact) mass is 285 g/mol. The van der Waals surface area contributed by atoms with Gasteiger partial charge in [0.2, 0.25) is 0 Å². The molecule has 1 saturated carbocycles. The minimum Gasteiger partial charge on any atom is -0.469 e. The molecule has 5 heteroatoms. The average Bonchev–Trinajstić information content (AvgIpc) is 2.29. The predicted octanol–water partition coefficient (Wildman–Crippen LogP) is 2.73. The summed E-state index contributed by atoms with van der Waals surface area (Å²) < 4.78 is 10.1. The van der Waals surface area contributed by atoms with Gasteiger partial charge in [-0.3, -0.25) is 4.79 Å². The number of carbonyl (C=O) groups excluding carboxylic acids is 2. The molecule has 0 heterocycles. The zero-order chi connectivity index (χ0) is 15.5. The average molecular weight is 285 g/mol. The van der Waals surface area contributed by atoms with Crippen molar-refractivity contribution in [1.29, 1.82) is 0 Å². The number of nitrogens with one attached hydrogen (secondary N) is 1. The molecule has 0 aliphatic heterocycles. The van der Waals surface area contributed by atoms with Gasteiger partial charge in [-0.2, -0.15) is 0 Å². The summed E-state index contributed by atoms with van der Waals surface area (Å²) in [4.78, 5) is 23.6. The van der Waals surface area contributed by atoms with E-state index in [4.69, 9.17) is 9.47 Å². The molecule has 0 spiro atoms. The van der Waals surface area contributed by atoms with Crippen LogP contribution in [0.4, 0.5) is 4.79 Å². The van der Waals surface area contributed by atoms with Crippen molar-refractivity contribution in [1.82, 2.24) is 5.32 Å².